The third-order valence-corrected chi connectivity index (χ3v) is 6.76. The van der Waals surface area contributed by atoms with Crippen LogP contribution in [0.3, 0.4) is 0 Å². The number of thiophene rings is 1. The predicted molar refractivity (Wildman–Crippen MR) is 91.1 cm³/mol. The first-order valence-corrected chi connectivity index (χ1v) is 9.84. The molecule has 126 valence electrons. The van der Waals surface area contributed by atoms with E-state index >= 15 is 0 Å². The van der Waals surface area contributed by atoms with Crippen molar-refractivity contribution in [1.29, 1.82) is 0 Å². The van der Waals surface area contributed by atoms with Crippen LogP contribution in [-0.4, -0.2) is 36.5 Å². The summed E-state index contributed by atoms with van der Waals surface area (Å²) in [5, 5.41) is 4.20. The molecule has 2 saturated carbocycles. The van der Waals surface area contributed by atoms with Crippen LogP contribution in [0.4, 0.5) is 0 Å². The van der Waals surface area contributed by atoms with E-state index in [4.69, 9.17) is 10.5 Å². The van der Waals surface area contributed by atoms with Crippen LogP contribution >= 0.6 is 11.3 Å². The zero-order valence-corrected chi connectivity index (χ0v) is 14.3. The van der Waals surface area contributed by atoms with Crippen molar-refractivity contribution < 1.29 is 9.53 Å². The summed E-state index contributed by atoms with van der Waals surface area (Å²) >= 11 is 1.68. The molecule has 4 nitrogen and oxygen atoms in total. The first-order valence-electron chi connectivity index (χ1n) is 8.90. The van der Waals surface area contributed by atoms with Gasteiger partial charge >= 0.3 is 0 Å². The largest absolute Gasteiger partial charge is 0.370 e. The van der Waals surface area contributed by atoms with E-state index < -0.39 is 0 Å². The van der Waals surface area contributed by atoms with Crippen LogP contribution < -0.4 is 5.73 Å². The molecule has 1 saturated heterocycles. The zero-order chi connectivity index (χ0) is 15.8. The Labute approximate surface area is 142 Å². The molecular formula is C18H26N2O2S. The number of carbonyl (C=O) groups is 1. The van der Waals surface area contributed by atoms with E-state index in [0.29, 0.717) is 36.9 Å². The van der Waals surface area contributed by atoms with Crippen molar-refractivity contribution in [2.45, 2.75) is 44.2 Å². The molecule has 1 aliphatic heterocycles. The van der Waals surface area contributed by atoms with E-state index in [0.717, 1.165) is 19.4 Å². The zero-order valence-electron chi connectivity index (χ0n) is 13.5. The van der Waals surface area contributed by atoms with Crippen LogP contribution in [0.2, 0.25) is 0 Å². The van der Waals surface area contributed by atoms with Crippen LogP contribution in [0, 0.1) is 17.8 Å². The standard InChI is InChI=1S/C18H26N2O2S/c19-17-12-2-1-3-13(17)9-15(8-12)18(21)20-5-6-22-16(10-20)14-4-7-23-11-14/h4,7,11-13,15-17H,1-3,5-6,8-10,19H2. The predicted octanol–water partition coefficient (Wildman–Crippen LogP) is 2.80. The van der Waals surface area contributed by atoms with E-state index in [2.05, 4.69) is 16.8 Å². The summed E-state index contributed by atoms with van der Waals surface area (Å²) < 4.78 is 5.87. The lowest BCUT2D eigenvalue weighted by Gasteiger charge is -2.45. The molecule has 2 aliphatic carbocycles. The summed E-state index contributed by atoms with van der Waals surface area (Å²) in [7, 11) is 0. The maximum atomic E-state index is 13.0. The second-order valence-electron chi connectivity index (χ2n) is 7.40. The number of rotatable bonds is 2. The minimum Gasteiger partial charge on any atom is -0.370 e. The Morgan fingerprint density at radius 3 is 2.78 bits per heavy atom. The summed E-state index contributed by atoms with van der Waals surface area (Å²) in [5.41, 5.74) is 7.57. The number of nitrogens with two attached hydrogens (primary N) is 1. The molecule has 2 N–H and O–H groups in total. The fraction of sp³-hybridized carbons (Fsp3) is 0.722. The molecule has 2 bridgehead atoms. The Bertz CT molecular complexity index is 533. The van der Waals surface area contributed by atoms with Crippen LogP contribution in [0.15, 0.2) is 16.8 Å². The molecule has 4 rings (SSSR count). The molecule has 3 atom stereocenters. The van der Waals surface area contributed by atoms with Gasteiger partial charge in [-0.3, -0.25) is 4.79 Å². The molecule has 1 amide bonds. The number of fused-ring (bicyclic) bond motifs is 2. The van der Waals surface area contributed by atoms with Crippen LogP contribution in [-0.2, 0) is 9.53 Å². The molecule has 5 heteroatoms. The molecule has 0 aromatic carbocycles. The molecule has 2 heterocycles. The minimum atomic E-state index is 0.0456. The lowest BCUT2D eigenvalue weighted by Crippen LogP contribution is -2.51. The molecule has 3 aliphatic rings. The van der Waals surface area contributed by atoms with Gasteiger partial charge in [0, 0.05) is 18.5 Å². The number of hydrogen-bond donors (Lipinski definition) is 1. The summed E-state index contributed by atoms with van der Waals surface area (Å²) in [4.78, 5) is 15.1. The van der Waals surface area contributed by atoms with Gasteiger partial charge in [-0.25, -0.2) is 0 Å². The summed E-state index contributed by atoms with van der Waals surface area (Å²) in [6.07, 6.45) is 5.75. The first kappa shape index (κ1) is 15.6. The van der Waals surface area contributed by atoms with E-state index in [-0.39, 0.29) is 12.0 Å². The summed E-state index contributed by atoms with van der Waals surface area (Å²) in [6, 6.07) is 2.43. The van der Waals surface area contributed by atoms with Crippen molar-refractivity contribution in [2.75, 3.05) is 19.7 Å². The Morgan fingerprint density at radius 1 is 1.30 bits per heavy atom. The number of hydrogen-bond acceptors (Lipinski definition) is 4. The maximum absolute atomic E-state index is 13.0. The van der Waals surface area contributed by atoms with E-state index in [1.54, 1.807) is 11.3 Å². The Morgan fingerprint density at radius 2 is 2.09 bits per heavy atom. The van der Waals surface area contributed by atoms with Gasteiger partial charge in [-0.15, -0.1) is 0 Å². The molecule has 0 radical (unpaired) electrons. The van der Waals surface area contributed by atoms with Crippen molar-refractivity contribution in [3.8, 4) is 0 Å². The number of amides is 1. The van der Waals surface area contributed by atoms with Crippen molar-refractivity contribution in [3.63, 3.8) is 0 Å². The van der Waals surface area contributed by atoms with Gasteiger partial charge in [0.1, 0.15) is 6.10 Å². The first-order chi connectivity index (χ1) is 11.2. The Kier molecular flexibility index (Phi) is 4.43. The van der Waals surface area contributed by atoms with E-state index in [9.17, 15) is 4.79 Å². The molecule has 1 aromatic heterocycles. The number of ether oxygens (including phenoxy) is 1. The highest BCUT2D eigenvalue weighted by Gasteiger charge is 2.42. The monoisotopic (exact) mass is 334 g/mol. The highest BCUT2D eigenvalue weighted by atomic mass is 32.1. The van der Waals surface area contributed by atoms with Crippen molar-refractivity contribution in [2.24, 2.45) is 23.5 Å². The molecule has 3 unspecified atom stereocenters. The fourth-order valence-electron chi connectivity index (χ4n) is 4.76. The highest BCUT2D eigenvalue weighted by Crippen LogP contribution is 2.42. The topological polar surface area (TPSA) is 55.6 Å². The number of carbonyl (C=O) groups excluding carboxylic acids is 1. The SMILES string of the molecule is NC1C2CCCC1CC(C(=O)N1CCOC(c3ccsc3)C1)C2. The van der Waals surface area contributed by atoms with Crippen molar-refractivity contribution in [3.05, 3.63) is 22.4 Å². The van der Waals surface area contributed by atoms with Gasteiger partial charge in [0.2, 0.25) is 5.91 Å². The van der Waals surface area contributed by atoms with Gasteiger partial charge in [0.25, 0.3) is 0 Å². The Balaban J connectivity index is 1.42. The quantitative estimate of drug-likeness (QED) is 0.905. The second kappa shape index (κ2) is 6.54. The van der Waals surface area contributed by atoms with Crippen molar-refractivity contribution in [1.82, 2.24) is 4.90 Å². The highest BCUT2D eigenvalue weighted by molar-refractivity contribution is 7.07. The second-order valence-corrected chi connectivity index (χ2v) is 8.18. The summed E-state index contributed by atoms with van der Waals surface area (Å²) in [5.74, 6) is 1.65. The number of morpholine rings is 1. The minimum absolute atomic E-state index is 0.0456. The van der Waals surface area contributed by atoms with Crippen molar-refractivity contribution >= 4 is 17.2 Å². The normalized spacial score (nSPS) is 37.6. The third kappa shape index (κ3) is 3.06. The van der Waals surface area contributed by atoms with E-state index in [1.165, 1.54) is 24.8 Å². The van der Waals surface area contributed by atoms with E-state index in [1.807, 2.05) is 4.90 Å². The number of nitrogens with zero attached hydrogens (tertiary/aromatic N) is 1. The third-order valence-electron chi connectivity index (χ3n) is 6.06. The van der Waals surface area contributed by atoms with Gasteiger partial charge in [-0.2, -0.15) is 11.3 Å². The smallest absolute Gasteiger partial charge is 0.225 e. The lowest BCUT2D eigenvalue weighted by molar-refractivity contribution is -0.146. The maximum Gasteiger partial charge on any atom is 0.225 e. The van der Waals surface area contributed by atoms with Crippen LogP contribution in [0.1, 0.15) is 43.8 Å². The molecule has 23 heavy (non-hydrogen) atoms. The van der Waals surface area contributed by atoms with Gasteiger partial charge in [-0.05, 0) is 59.9 Å². The van der Waals surface area contributed by atoms with Gasteiger partial charge in [0.15, 0.2) is 0 Å². The van der Waals surface area contributed by atoms with Gasteiger partial charge in [-0.1, -0.05) is 6.42 Å². The van der Waals surface area contributed by atoms with Gasteiger partial charge in [0.05, 0.1) is 13.2 Å². The average molecular weight is 334 g/mol. The summed E-state index contributed by atoms with van der Waals surface area (Å²) in [6.45, 7) is 2.08. The average Bonchev–Trinajstić information content (AvgIpc) is 3.08. The van der Waals surface area contributed by atoms with Crippen LogP contribution in [0.5, 0.6) is 0 Å². The van der Waals surface area contributed by atoms with Crippen LogP contribution in [0.25, 0.3) is 0 Å². The molecule has 0 spiro atoms. The molecule has 1 aromatic rings. The molecular weight excluding hydrogens is 308 g/mol. The molecule has 3 fully saturated rings. The Hall–Kier alpha value is -0.910. The van der Waals surface area contributed by atoms with Gasteiger partial charge < -0.3 is 15.4 Å². The fourth-order valence-corrected chi connectivity index (χ4v) is 5.46. The lowest BCUT2D eigenvalue weighted by atomic mass is 9.65.